The van der Waals surface area contributed by atoms with Gasteiger partial charge >= 0.3 is 11.9 Å². The van der Waals surface area contributed by atoms with E-state index in [1.54, 1.807) is 12.5 Å². The summed E-state index contributed by atoms with van der Waals surface area (Å²) in [5.41, 5.74) is -1.68. The first-order valence-electron chi connectivity index (χ1n) is 9.57. The first-order valence-corrected chi connectivity index (χ1v) is 9.57. The van der Waals surface area contributed by atoms with Gasteiger partial charge in [0, 0.05) is 18.4 Å². The van der Waals surface area contributed by atoms with Crippen molar-refractivity contribution in [3.63, 3.8) is 0 Å². The molecule has 1 aromatic rings. The van der Waals surface area contributed by atoms with Gasteiger partial charge in [0.05, 0.1) is 29.3 Å². The van der Waals surface area contributed by atoms with E-state index in [4.69, 9.17) is 23.4 Å². The highest BCUT2D eigenvalue weighted by atomic mass is 16.8. The summed E-state index contributed by atoms with van der Waals surface area (Å²) < 4.78 is 30.3. The average Bonchev–Trinajstić information content (AvgIpc) is 3.24. The summed E-state index contributed by atoms with van der Waals surface area (Å²) in [5, 5.41) is 0. The molecule has 6 heterocycles. The van der Waals surface area contributed by atoms with Crippen LogP contribution in [-0.2, 0) is 34.3 Å². The van der Waals surface area contributed by atoms with Gasteiger partial charge in [-0.3, -0.25) is 9.59 Å². The summed E-state index contributed by atoms with van der Waals surface area (Å²) in [6.45, 7) is 6.02. The number of furan rings is 1. The number of carbonyl (C=O) groups excluding carboxylic acids is 2. The van der Waals surface area contributed by atoms with Crippen molar-refractivity contribution in [2.75, 3.05) is 6.61 Å². The summed E-state index contributed by atoms with van der Waals surface area (Å²) >= 11 is 0. The van der Waals surface area contributed by atoms with Gasteiger partial charge in [0.25, 0.3) is 0 Å². The van der Waals surface area contributed by atoms with Gasteiger partial charge in [-0.15, -0.1) is 0 Å². The van der Waals surface area contributed by atoms with Crippen LogP contribution in [0.5, 0.6) is 0 Å². The van der Waals surface area contributed by atoms with Crippen LogP contribution in [-0.4, -0.2) is 29.9 Å². The van der Waals surface area contributed by atoms with Crippen LogP contribution in [0.2, 0.25) is 0 Å². The minimum absolute atomic E-state index is 0.0646. The molecule has 7 nitrogen and oxygen atoms in total. The van der Waals surface area contributed by atoms with Crippen LogP contribution >= 0.6 is 0 Å². The second kappa shape index (κ2) is 4.25. The van der Waals surface area contributed by atoms with E-state index < -0.39 is 28.0 Å². The maximum Gasteiger partial charge on any atom is 0.315 e. The molecule has 7 atom stereocenters. The summed E-state index contributed by atoms with van der Waals surface area (Å²) in [7, 11) is 0. The molecule has 1 spiro atoms. The van der Waals surface area contributed by atoms with Crippen LogP contribution < -0.4 is 0 Å². The SMILES string of the molecule is C[C@H]1C(=O)O[C@@]23CC[C@]4(C)C(=O)OCC45O[C@@](c4ccoc4)(C[C@@H]1[C@]52C)O3. The highest BCUT2D eigenvalue weighted by Gasteiger charge is 2.89. The monoisotopic (exact) mass is 374 g/mol. The highest BCUT2D eigenvalue weighted by Crippen LogP contribution is 2.78. The second-order valence-corrected chi connectivity index (χ2v) is 9.18. The standard InChI is InChI=1S/C20H22O7/c1-11-13-8-18(12-4-7-23-9-12)26-19-10-24-15(22)16(19,2)5-6-20(27-18,17(13,19)3)25-14(11)21/h4,7,9,11,13H,5-6,8,10H2,1-3H3/t11-,13+,16-,17-,18+,19?,20-/m1/s1. The molecule has 6 fully saturated rings. The molecule has 6 aliphatic rings. The number of rotatable bonds is 1. The van der Waals surface area contributed by atoms with Crippen molar-refractivity contribution < 1.29 is 33.0 Å². The third-order valence-corrected chi connectivity index (χ3v) is 8.43. The summed E-state index contributed by atoms with van der Waals surface area (Å²) in [6, 6.07) is 1.81. The minimum Gasteiger partial charge on any atom is -0.472 e. The Morgan fingerprint density at radius 2 is 1.96 bits per heavy atom. The lowest BCUT2D eigenvalue weighted by Crippen LogP contribution is -2.86. The third kappa shape index (κ3) is 1.36. The molecule has 0 N–H and O–H groups in total. The summed E-state index contributed by atoms with van der Waals surface area (Å²) in [4.78, 5) is 25.5. The van der Waals surface area contributed by atoms with Crippen molar-refractivity contribution in [2.45, 2.75) is 57.2 Å². The Morgan fingerprint density at radius 1 is 1.15 bits per heavy atom. The first-order chi connectivity index (χ1) is 12.7. The first kappa shape index (κ1) is 16.1. The van der Waals surface area contributed by atoms with Crippen molar-refractivity contribution in [1.82, 2.24) is 0 Å². The average molecular weight is 374 g/mol. The van der Waals surface area contributed by atoms with Crippen LogP contribution in [0.1, 0.15) is 45.6 Å². The molecule has 0 amide bonds. The van der Waals surface area contributed by atoms with Crippen LogP contribution in [0, 0.1) is 22.7 Å². The molecule has 0 radical (unpaired) electrons. The Hall–Kier alpha value is -1.86. The molecule has 0 aromatic carbocycles. The van der Waals surface area contributed by atoms with Crippen molar-refractivity contribution >= 4 is 11.9 Å². The summed E-state index contributed by atoms with van der Waals surface area (Å²) in [5.74, 6) is -3.14. The molecule has 7 rings (SSSR count). The lowest BCUT2D eigenvalue weighted by Gasteiger charge is -2.76. The van der Waals surface area contributed by atoms with Crippen molar-refractivity contribution in [2.24, 2.45) is 22.7 Å². The van der Waals surface area contributed by atoms with Gasteiger partial charge in [0.1, 0.15) is 12.2 Å². The number of carbonyl (C=O) groups is 2. The predicted octanol–water partition coefficient (Wildman–Crippen LogP) is 2.49. The normalized spacial score (nSPS) is 55.1. The number of hydrogen-bond acceptors (Lipinski definition) is 7. The van der Waals surface area contributed by atoms with Crippen LogP contribution in [0.3, 0.4) is 0 Å². The minimum atomic E-state index is -1.14. The van der Waals surface area contributed by atoms with Gasteiger partial charge in [-0.25, -0.2) is 0 Å². The Bertz CT molecular complexity index is 879. The number of cyclic esters (lactones) is 1. The Morgan fingerprint density at radius 3 is 2.70 bits per heavy atom. The van der Waals surface area contributed by atoms with E-state index in [1.165, 1.54) is 0 Å². The Kier molecular flexibility index (Phi) is 2.54. The van der Waals surface area contributed by atoms with Crippen LogP contribution in [0.4, 0.5) is 0 Å². The molecule has 1 unspecified atom stereocenters. The molecule has 27 heavy (non-hydrogen) atoms. The van der Waals surface area contributed by atoms with E-state index in [0.717, 1.165) is 5.56 Å². The van der Waals surface area contributed by atoms with Crippen molar-refractivity contribution in [3.8, 4) is 0 Å². The van der Waals surface area contributed by atoms with E-state index >= 15 is 0 Å². The van der Waals surface area contributed by atoms with E-state index in [0.29, 0.717) is 19.3 Å². The lowest BCUT2D eigenvalue weighted by atomic mass is 9.41. The van der Waals surface area contributed by atoms with Gasteiger partial charge in [-0.1, -0.05) is 13.8 Å². The third-order valence-electron chi connectivity index (χ3n) is 8.43. The molecule has 144 valence electrons. The van der Waals surface area contributed by atoms with Gasteiger partial charge < -0.3 is 23.4 Å². The maximum atomic E-state index is 12.8. The van der Waals surface area contributed by atoms with Gasteiger partial charge in [0.15, 0.2) is 0 Å². The maximum absolute atomic E-state index is 12.8. The molecule has 5 bridgehead atoms. The van der Waals surface area contributed by atoms with Gasteiger partial charge in [0.2, 0.25) is 11.6 Å². The van der Waals surface area contributed by atoms with E-state index in [-0.39, 0.29) is 30.4 Å². The van der Waals surface area contributed by atoms with Gasteiger partial charge in [-0.2, -0.15) is 0 Å². The molecule has 7 heteroatoms. The van der Waals surface area contributed by atoms with E-state index in [1.807, 2.05) is 19.9 Å². The molecular weight excluding hydrogens is 352 g/mol. The quantitative estimate of drug-likeness (QED) is 0.698. The number of ether oxygens (including phenoxy) is 4. The van der Waals surface area contributed by atoms with E-state index in [2.05, 4.69) is 6.92 Å². The largest absolute Gasteiger partial charge is 0.472 e. The number of hydrogen-bond donors (Lipinski definition) is 0. The second-order valence-electron chi connectivity index (χ2n) is 9.18. The van der Waals surface area contributed by atoms with Gasteiger partial charge in [-0.05, 0) is 25.3 Å². The molecule has 5 aliphatic heterocycles. The fourth-order valence-corrected chi connectivity index (χ4v) is 6.78. The van der Waals surface area contributed by atoms with E-state index in [9.17, 15) is 9.59 Å². The fourth-order valence-electron chi connectivity index (χ4n) is 6.78. The zero-order chi connectivity index (χ0) is 18.9. The summed E-state index contributed by atoms with van der Waals surface area (Å²) in [6.07, 6.45) is 4.61. The van der Waals surface area contributed by atoms with Crippen molar-refractivity contribution in [3.05, 3.63) is 24.2 Å². The topological polar surface area (TPSA) is 84.2 Å². The number of esters is 2. The lowest BCUT2D eigenvalue weighted by molar-refractivity contribution is -0.555. The Balaban J connectivity index is 1.67. The molecule has 1 saturated carbocycles. The van der Waals surface area contributed by atoms with Crippen molar-refractivity contribution in [1.29, 1.82) is 0 Å². The molecular formula is C20H22O7. The van der Waals surface area contributed by atoms with Crippen LogP contribution in [0.15, 0.2) is 23.0 Å². The zero-order valence-electron chi connectivity index (χ0n) is 15.6. The smallest absolute Gasteiger partial charge is 0.315 e. The molecule has 1 aromatic heterocycles. The predicted molar refractivity (Wildman–Crippen MR) is 87.8 cm³/mol. The van der Waals surface area contributed by atoms with Crippen LogP contribution in [0.25, 0.3) is 0 Å². The fraction of sp³-hybridized carbons (Fsp3) is 0.700. The Labute approximate surface area is 156 Å². The molecule has 5 saturated heterocycles. The zero-order valence-corrected chi connectivity index (χ0v) is 15.6. The molecule has 1 aliphatic carbocycles. The highest BCUT2D eigenvalue weighted by molar-refractivity contribution is 5.82.